The molecule has 7 heteroatoms. The smallest absolute Gasteiger partial charge is 0.274 e. The fourth-order valence-corrected chi connectivity index (χ4v) is 3.64. The molecule has 0 saturated heterocycles. The number of amides is 1. The Balaban J connectivity index is 2.25. The standard InChI is InChI=1S/C16H19N3O3S/c1-3-19(4-2)23(21,22)14-9-7-8-13(12-14)18-16(20)15-10-5-6-11-17-15/h5-12H,3-4H2,1-2H3,(H,18,20). The van der Waals surface area contributed by atoms with Gasteiger partial charge in [-0.3, -0.25) is 9.78 Å². The number of hydrogen-bond acceptors (Lipinski definition) is 4. The zero-order valence-corrected chi connectivity index (χ0v) is 13.9. The summed E-state index contributed by atoms with van der Waals surface area (Å²) in [5.41, 5.74) is 0.679. The van der Waals surface area contributed by atoms with Crippen molar-refractivity contribution in [2.75, 3.05) is 18.4 Å². The highest BCUT2D eigenvalue weighted by Crippen LogP contribution is 2.19. The molecule has 1 aromatic carbocycles. The number of hydrogen-bond donors (Lipinski definition) is 1. The maximum Gasteiger partial charge on any atom is 0.274 e. The minimum absolute atomic E-state index is 0.153. The topological polar surface area (TPSA) is 79.4 Å². The molecule has 1 N–H and O–H groups in total. The van der Waals surface area contributed by atoms with Crippen molar-refractivity contribution in [3.8, 4) is 0 Å². The number of carbonyl (C=O) groups is 1. The van der Waals surface area contributed by atoms with E-state index in [0.29, 0.717) is 18.8 Å². The van der Waals surface area contributed by atoms with E-state index >= 15 is 0 Å². The predicted molar refractivity (Wildman–Crippen MR) is 88.7 cm³/mol. The summed E-state index contributed by atoms with van der Waals surface area (Å²) in [5.74, 6) is -0.386. The summed E-state index contributed by atoms with van der Waals surface area (Å²) >= 11 is 0. The van der Waals surface area contributed by atoms with E-state index in [1.54, 1.807) is 44.2 Å². The van der Waals surface area contributed by atoms with Crippen molar-refractivity contribution in [2.24, 2.45) is 0 Å². The molecule has 1 amide bonds. The van der Waals surface area contributed by atoms with Gasteiger partial charge in [-0.15, -0.1) is 0 Å². The summed E-state index contributed by atoms with van der Waals surface area (Å²) in [6, 6.07) is 11.2. The van der Waals surface area contributed by atoms with E-state index in [1.807, 2.05) is 0 Å². The van der Waals surface area contributed by atoms with E-state index in [-0.39, 0.29) is 16.5 Å². The van der Waals surface area contributed by atoms with Crippen LogP contribution in [0.4, 0.5) is 5.69 Å². The molecule has 1 heterocycles. The highest BCUT2D eigenvalue weighted by atomic mass is 32.2. The number of aromatic nitrogens is 1. The van der Waals surface area contributed by atoms with Gasteiger partial charge in [-0.05, 0) is 30.3 Å². The molecule has 2 aromatic rings. The first-order chi connectivity index (χ1) is 11.0. The summed E-state index contributed by atoms with van der Waals surface area (Å²) in [5, 5.41) is 2.66. The van der Waals surface area contributed by atoms with Crippen LogP contribution in [0.5, 0.6) is 0 Å². The Morgan fingerprint density at radius 2 is 1.87 bits per heavy atom. The molecule has 0 aliphatic heterocycles. The number of nitrogens with zero attached hydrogens (tertiary/aromatic N) is 2. The predicted octanol–water partition coefficient (Wildman–Crippen LogP) is 2.36. The molecule has 0 radical (unpaired) electrons. The van der Waals surface area contributed by atoms with Crippen LogP contribution in [0, 0.1) is 0 Å². The van der Waals surface area contributed by atoms with Gasteiger partial charge in [-0.25, -0.2) is 8.42 Å². The third kappa shape index (κ3) is 3.94. The first-order valence-electron chi connectivity index (χ1n) is 7.31. The summed E-state index contributed by atoms with van der Waals surface area (Å²) < 4.78 is 26.4. The lowest BCUT2D eigenvalue weighted by Gasteiger charge is -2.18. The maximum atomic E-state index is 12.5. The van der Waals surface area contributed by atoms with Gasteiger partial charge >= 0.3 is 0 Å². The lowest BCUT2D eigenvalue weighted by atomic mass is 10.3. The molecule has 2 rings (SSSR count). The highest BCUT2D eigenvalue weighted by molar-refractivity contribution is 7.89. The van der Waals surface area contributed by atoms with Crippen molar-refractivity contribution in [3.05, 3.63) is 54.4 Å². The van der Waals surface area contributed by atoms with Crippen molar-refractivity contribution >= 4 is 21.6 Å². The molecule has 0 bridgehead atoms. The molecule has 0 fully saturated rings. The van der Waals surface area contributed by atoms with Gasteiger partial charge in [-0.2, -0.15) is 4.31 Å². The third-order valence-corrected chi connectivity index (χ3v) is 5.38. The lowest BCUT2D eigenvalue weighted by molar-refractivity contribution is 0.102. The van der Waals surface area contributed by atoms with Gasteiger partial charge in [0.2, 0.25) is 10.0 Å². The average molecular weight is 333 g/mol. The van der Waals surface area contributed by atoms with Crippen molar-refractivity contribution < 1.29 is 13.2 Å². The van der Waals surface area contributed by atoms with Crippen LogP contribution in [-0.4, -0.2) is 36.7 Å². The summed E-state index contributed by atoms with van der Waals surface area (Å²) in [4.78, 5) is 16.2. The second-order valence-corrected chi connectivity index (χ2v) is 6.72. The van der Waals surface area contributed by atoms with Gasteiger partial charge in [0.25, 0.3) is 5.91 Å². The number of benzene rings is 1. The van der Waals surface area contributed by atoms with Crippen LogP contribution in [0.15, 0.2) is 53.6 Å². The molecular weight excluding hydrogens is 314 g/mol. The molecule has 122 valence electrons. The van der Waals surface area contributed by atoms with Crippen molar-refractivity contribution in [2.45, 2.75) is 18.7 Å². The number of rotatable bonds is 6. The average Bonchev–Trinajstić information content (AvgIpc) is 2.57. The maximum absolute atomic E-state index is 12.5. The van der Waals surface area contributed by atoms with Gasteiger partial charge < -0.3 is 5.32 Å². The van der Waals surface area contributed by atoms with Crippen LogP contribution >= 0.6 is 0 Å². The zero-order valence-electron chi connectivity index (χ0n) is 13.1. The minimum atomic E-state index is -3.56. The summed E-state index contributed by atoms with van der Waals surface area (Å²) in [6.45, 7) is 4.36. The van der Waals surface area contributed by atoms with E-state index in [1.165, 1.54) is 22.6 Å². The Morgan fingerprint density at radius 1 is 1.13 bits per heavy atom. The Morgan fingerprint density at radius 3 is 2.48 bits per heavy atom. The van der Waals surface area contributed by atoms with Gasteiger partial charge in [0.05, 0.1) is 4.90 Å². The van der Waals surface area contributed by atoms with Crippen molar-refractivity contribution in [1.29, 1.82) is 0 Å². The van der Waals surface area contributed by atoms with E-state index in [2.05, 4.69) is 10.3 Å². The molecule has 1 aromatic heterocycles. The van der Waals surface area contributed by atoms with Gasteiger partial charge in [0.15, 0.2) is 0 Å². The van der Waals surface area contributed by atoms with Gasteiger partial charge in [0.1, 0.15) is 5.69 Å². The monoisotopic (exact) mass is 333 g/mol. The van der Waals surface area contributed by atoms with Crippen LogP contribution in [-0.2, 0) is 10.0 Å². The number of pyridine rings is 1. The van der Waals surface area contributed by atoms with E-state index in [0.717, 1.165) is 0 Å². The molecule has 0 aliphatic carbocycles. The normalized spacial score (nSPS) is 11.4. The molecule has 0 saturated carbocycles. The lowest BCUT2D eigenvalue weighted by Crippen LogP contribution is -2.30. The van der Waals surface area contributed by atoms with Crippen molar-refractivity contribution in [3.63, 3.8) is 0 Å². The summed E-state index contributed by atoms with van der Waals surface area (Å²) in [6.07, 6.45) is 1.52. The van der Waals surface area contributed by atoms with E-state index < -0.39 is 10.0 Å². The molecule has 6 nitrogen and oxygen atoms in total. The van der Waals surface area contributed by atoms with Gasteiger partial charge in [-0.1, -0.05) is 26.0 Å². The van der Waals surface area contributed by atoms with E-state index in [4.69, 9.17) is 0 Å². The first-order valence-corrected chi connectivity index (χ1v) is 8.75. The molecule has 0 unspecified atom stereocenters. The zero-order chi connectivity index (χ0) is 16.9. The number of anilines is 1. The van der Waals surface area contributed by atoms with Crippen molar-refractivity contribution in [1.82, 2.24) is 9.29 Å². The van der Waals surface area contributed by atoms with Crippen LogP contribution in [0.1, 0.15) is 24.3 Å². The van der Waals surface area contributed by atoms with E-state index in [9.17, 15) is 13.2 Å². The van der Waals surface area contributed by atoms with Crippen LogP contribution < -0.4 is 5.32 Å². The Hall–Kier alpha value is -2.25. The fourth-order valence-electron chi connectivity index (χ4n) is 2.14. The Labute approximate surface area is 136 Å². The Kier molecular flexibility index (Phi) is 5.46. The van der Waals surface area contributed by atoms with Crippen LogP contribution in [0.3, 0.4) is 0 Å². The number of sulfonamides is 1. The molecule has 0 atom stereocenters. The highest BCUT2D eigenvalue weighted by Gasteiger charge is 2.21. The van der Waals surface area contributed by atoms with Gasteiger partial charge in [0, 0.05) is 25.0 Å². The second-order valence-electron chi connectivity index (χ2n) is 4.79. The largest absolute Gasteiger partial charge is 0.321 e. The molecule has 23 heavy (non-hydrogen) atoms. The first kappa shape index (κ1) is 17.1. The Bertz CT molecular complexity index is 772. The minimum Gasteiger partial charge on any atom is -0.321 e. The van der Waals surface area contributed by atoms with Crippen LogP contribution in [0.25, 0.3) is 0 Å². The third-order valence-electron chi connectivity index (χ3n) is 3.33. The summed E-state index contributed by atoms with van der Waals surface area (Å²) in [7, 11) is -3.56. The molecular formula is C16H19N3O3S. The second kappa shape index (κ2) is 7.34. The SMILES string of the molecule is CCN(CC)S(=O)(=O)c1cccc(NC(=O)c2ccccn2)c1. The van der Waals surface area contributed by atoms with Crippen LogP contribution in [0.2, 0.25) is 0 Å². The fraction of sp³-hybridized carbons (Fsp3) is 0.250. The quantitative estimate of drug-likeness (QED) is 0.880. The number of nitrogens with one attached hydrogen (secondary N) is 1. The molecule has 0 aliphatic rings. The number of carbonyl (C=O) groups excluding carboxylic acids is 1. The molecule has 0 spiro atoms.